The van der Waals surface area contributed by atoms with Crippen molar-refractivity contribution in [3.63, 3.8) is 0 Å². The van der Waals surface area contributed by atoms with Crippen LogP contribution in [-0.4, -0.2) is 45.7 Å². The summed E-state index contributed by atoms with van der Waals surface area (Å²) in [5, 5.41) is 19.6. The van der Waals surface area contributed by atoms with E-state index in [9.17, 15) is 19.8 Å². The summed E-state index contributed by atoms with van der Waals surface area (Å²) in [7, 11) is 0. The molecule has 1 aliphatic heterocycles. The number of carboxylic acids is 1. The Morgan fingerprint density at radius 3 is 2.47 bits per heavy atom. The highest BCUT2D eigenvalue weighted by atomic mass is 16.4. The molecule has 3 aliphatic rings. The maximum absolute atomic E-state index is 12.4. The van der Waals surface area contributed by atoms with Crippen molar-refractivity contribution in [2.45, 2.75) is 45.3 Å². The quantitative estimate of drug-likeness (QED) is 0.786. The molecule has 5 heteroatoms. The van der Waals surface area contributed by atoms with E-state index < -0.39 is 29.4 Å². The maximum atomic E-state index is 12.4. The lowest BCUT2D eigenvalue weighted by Gasteiger charge is -2.34. The molecule has 0 bridgehead atoms. The fourth-order valence-electron chi connectivity index (χ4n) is 3.53. The minimum atomic E-state index is -1.08. The second-order valence-electron chi connectivity index (χ2n) is 6.93. The van der Waals surface area contributed by atoms with Crippen molar-refractivity contribution >= 4 is 11.9 Å². The molecule has 106 valence electrons. The Bertz CT molecular complexity index is 429. The average molecular weight is 267 g/mol. The molecule has 19 heavy (non-hydrogen) atoms. The van der Waals surface area contributed by atoms with Gasteiger partial charge in [0.2, 0.25) is 0 Å². The van der Waals surface area contributed by atoms with Gasteiger partial charge in [0, 0.05) is 12.0 Å². The molecule has 3 rings (SSSR count). The summed E-state index contributed by atoms with van der Waals surface area (Å²) in [6, 6.07) is -0.720. The van der Waals surface area contributed by atoms with Crippen LogP contribution >= 0.6 is 0 Å². The highest BCUT2D eigenvalue weighted by molar-refractivity contribution is 5.88. The van der Waals surface area contributed by atoms with Crippen molar-refractivity contribution in [2.75, 3.05) is 6.54 Å². The first-order valence-electron chi connectivity index (χ1n) is 7.05. The highest BCUT2D eigenvalue weighted by Crippen LogP contribution is 2.51. The SMILES string of the molecule is CC(C)(C1CC1)C(O)C(=O)N1C[C@@H]2C[C@@H]2[C@H]1C(=O)O. The van der Waals surface area contributed by atoms with Gasteiger partial charge in [0.05, 0.1) is 0 Å². The van der Waals surface area contributed by atoms with E-state index in [0.29, 0.717) is 18.4 Å². The van der Waals surface area contributed by atoms with Gasteiger partial charge in [-0.3, -0.25) is 4.79 Å². The topological polar surface area (TPSA) is 77.8 Å². The molecule has 4 atom stereocenters. The monoisotopic (exact) mass is 267 g/mol. The highest BCUT2D eigenvalue weighted by Gasteiger charge is 2.59. The van der Waals surface area contributed by atoms with Crippen LogP contribution in [0, 0.1) is 23.2 Å². The number of rotatable bonds is 4. The zero-order valence-electron chi connectivity index (χ0n) is 11.4. The summed E-state index contributed by atoms with van der Waals surface area (Å²) in [4.78, 5) is 25.1. The van der Waals surface area contributed by atoms with Crippen LogP contribution in [0.5, 0.6) is 0 Å². The molecule has 2 saturated carbocycles. The van der Waals surface area contributed by atoms with Crippen LogP contribution in [0.2, 0.25) is 0 Å². The molecule has 3 fully saturated rings. The third kappa shape index (κ3) is 1.95. The Morgan fingerprint density at radius 1 is 1.32 bits per heavy atom. The number of hydrogen-bond acceptors (Lipinski definition) is 3. The first-order chi connectivity index (χ1) is 8.84. The molecule has 0 radical (unpaired) electrons. The van der Waals surface area contributed by atoms with Gasteiger partial charge in [-0.25, -0.2) is 4.79 Å². The minimum Gasteiger partial charge on any atom is -0.480 e. The Kier molecular flexibility index (Phi) is 2.68. The number of aliphatic hydroxyl groups is 1. The summed E-state index contributed by atoms with van der Waals surface area (Å²) in [6.45, 7) is 4.30. The van der Waals surface area contributed by atoms with Crippen LogP contribution in [-0.2, 0) is 9.59 Å². The van der Waals surface area contributed by atoms with Crippen molar-refractivity contribution in [2.24, 2.45) is 23.2 Å². The van der Waals surface area contributed by atoms with Crippen LogP contribution in [0.15, 0.2) is 0 Å². The Hall–Kier alpha value is -1.10. The van der Waals surface area contributed by atoms with Crippen molar-refractivity contribution in [3.05, 3.63) is 0 Å². The number of likely N-dealkylation sites (tertiary alicyclic amines) is 1. The Morgan fingerprint density at radius 2 is 1.95 bits per heavy atom. The molecular formula is C14H21NO4. The first-order valence-corrected chi connectivity index (χ1v) is 7.05. The molecule has 1 unspecified atom stereocenters. The number of nitrogens with zero attached hydrogens (tertiary/aromatic N) is 1. The lowest BCUT2D eigenvalue weighted by molar-refractivity contribution is -0.157. The van der Waals surface area contributed by atoms with Gasteiger partial charge in [0.25, 0.3) is 5.91 Å². The minimum absolute atomic E-state index is 0.109. The Labute approximate surface area is 112 Å². The van der Waals surface area contributed by atoms with Gasteiger partial charge in [-0.1, -0.05) is 13.8 Å². The molecule has 1 amide bonds. The Balaban J connectivity index is 1.74. The fraction of sp³-hybridized carbons (Fsp3) is 0.857. The molecule has 0 aromatic carbocycles. The molecule has 0 spiro atoms. The number of aliphatic carboxylic acids is 1. The van der Waals surface area contributed by atoms with E-state index >= 15 is 0 Å². The molecule has 2 N–H and O–H groups in total. The number of aliphatic hydroxyl groups excluding tert-OH is 1. The number of piperidine rings is 1. The van der Waals surface area contributed by atoms with E-state index in [1.165, 1.54) is 4.90 Å². The smallest absolute Gasteiger partial charge is 0.326 e. The lowest BCUT2D eigenvalue weighted by atomic mass is 9.80. The van der Waals surface area contributed by atoms with E-state index in [-0.39, 0.29) is 5.92 Å². The van der Waals surface area contributed by atoms with Gasteiger partial charge in [-0.05, 0) is 37.0 Å². The molecule has 0 aromatic rings. The number of fused-ring (bicyclic) bond motifs is 1. The van der Waals surface area contributed by atoms with Crippen LogP contribution in [0.4, 0.5) is 0 Å². The van der Waals surface area contributed by atoms with Gasteiger partial charge in [-0.2, -0.15) is 0 Å². The van der Waals surface area contributed by atoms with E-state index in [2.05, 4.69) is 0 Å². The number of carboxylic acid groups (broad SMARTS) is 1. The third-order valence-electron chi connectivity index (χ3n) is 5.25. The maximum Gasteiger partial charge on any atom is 0.326 e. The second kappa shape index (κ2) is 3.95. The number of hydrogen-bond donors (Lipinski definition) is 2. The second-order valence-corrected chi connectivity index (χ2v) is 6.93. The van der Waals surface area contributed by atoms with Crippen LogP contribution < -0.4 is 0 Å². The molecule has 0 aromatic heterocycles. The van der Waals surface area contributed by atoms with Crippen LogP contribution in [0.1, 0.15) is 33.1 Å². The molecule has 1 saturated heterocycles. The normalized spacial score (nSPS) is 34.9. The number of carbonyl (C=O) groups excluding carboxylic acids is 1. The van der Waals surface area contributed by atoms with Gasteiger partial charge in [0.15, 0.2) is 0 Å². The zero-order valence-corrected chi connectivity index (χ0v) is 11.4. The van der Waals surface area contributed by atoms with Crippen molar-refractivity contribution in [1.29, 1.82) is 0 Å². The predicted molar refractivity (Wildman–Crippen MR) is 67.2 cm³/mol. The molecule has 5 nitrogen and oxygen atoms in total. The van der Waals surface area contributed by atoms with Gasteiger partial charge in [0.1, 0.15) is 12.1 Å². The summed E-state index contributed by atoms with van der Waals surface area (Å²) in [5.41, 5.74) is -0.451. The summed E-state index contributed by atoms with van der Waals surface area (Å²) >= 11 is 0. The van der Waals surface area contributed by atoms with Gasteiger partial charge >= 0.3 is 5.97 Å². The van der Waals surface area contributed by atoms with Crippen molar-refractivity contribution < 1.29 is 19.8 Å². The van der Waals surface area contributed by atoms with E-state index in [1.54, 1.807) is 0 Å². The van der Waals surface area contributed by atoms with E-state index in [1.807, 2.05) is 13.8 Å². The third-order valence-corrected chi connectivity index (χ3v) is 5.25. The summed E-state index contributed by atoms with van der Waals surface area (Å²) < 4.78 is 0. The van der Waals surface area contributed by atoms with Crippen molar-refractivity contribution in [1.82, 2.24) is 4.90 Å². The predicted octanol–water partition coefficient (Wildman–Crippen LogP) is 0.715. The van der Waals surface area contributed by atoms with E-state index in [4.69, 9.17) is 0 Å². The average Bonchev–Trinajstić information content (AvgIpc) is 3.24. The number of amides is 1. The fourth-order valence-corrected chi connectivity index (χ4v) is 3.53. The standard InChI is InChI=1S/C14H21NO4/c1-14(2,8-3-4-8)11(16)12(17)15-6-7-5-9(7)10(15)13(18)19/h7-11,16H,3-6H2,1-2H3,(H,18,19)/t7-,9-,10-,11?/m0/s1. The summed E-state index contributed by atoms with van der Waals surface area (Å²) in [5.74, 6) is -0.503. The van der Waals surface area contributed by atoms with Crippen molar-refractivity contribution in [3.8, 4) is 0 Å². The zero-order chi connectivity index (χ0) is 13.9. The van der Waals surface area contributed by atoms with Crippen LogP contribution in [0.3, 0.4) is 0 Å². The summed E-state index contributed by atoms with van der Waals surface area (Å²) in [6.07, 6.45) is 1.91. The van der Waals surface area contributed by atoms with Gasteiger partial charge < -0.3 is 15.1 Å². The lowest BCUT2D eigenvalue weighted by Crippen LogP contribution is -2.52. The van der Waals surface area contributed by atoms with Gasteiger partial charge in [-0.15, -0.1) is 0 Å². The molecule has 1 heterocycles. The number of carbonyl (C=O) groups is 2. The largest absolute Gasteiger partial charge is 0.480 e. The first kappa shape index (κ1) is 12.9. The van der Waals surface area contributed by atoms with E-state index in [0.717, 1.165) is 19.3 Å². The van der Waals surface area contributed by atoms with Crippen LogP contribution in [0.25, 0.3) is 0 Å². The molecular weight excluding hydrogens is 246 g/mol. The molecule has 2 aliphatic carbocycles.